The Morgan fingerprint density at radius 2 is 1.95 bits per heavy atom. The molecule has 0 radical (unpaired) electrons. The van der Waals surface area contributed by atoms with E-state index in [1.165, 1.54) is 12.1 Å². The van der Waals surface area contributed by atoms with Gasteiger partial charge in [0.25, 0.3) is 0 Å². The first kappa shape index (κ1) is 15.6. The SMILES string of the molecule is CCOCC(=O)N[C@H](Cc1ccc(F)cc1)C(C)C. The van der Waals surface area contributed by atoms with Crippen LogP contribution in [0.15, 0.2) is 24.3 Å². The number of benzene rings is 1. The standard InChI is InChI=1S/C15H22FNO2/c1-4-19-10-15(18)17-14(11(2)3)9-12-5-7-13(16)8-6-12/h5-8,11,14H,4,9-10H2,1-3H3,(H,17,18)/t14-/m1/s1. The van der Waals surface area contributed by atoms with Crippen molar-refractivity contribution >= 4 is 5.91 Å². The number of amides is 1. The highest BCUT2D eigenvalue weighted by atomic mass is 19.1. The molecule has 0 heterocycles. The normalized spacial score (nSPS) is 12.5. The molecule has 1 atom stereocenters. The van der Waals surface area contributed by atoms with E-state index in [0.717, 1.165) is 5.56 Å². The summed E-state index contributed by atoms with van der Waals surface area (Å²) in [7, 11) is 0. The maximum Gasteiger partial charge on any atom is 0.246 e. The van der Waals surface area contributed by atoms with Crippen molar-refractivity contribution in [3.8, 4) is 0 Å². The van der Waals surface area contributed by atoms with Crippen molar-refractivity contribution in [1.29, 1.82) is 0 Å². The van der Waals surface area contributed by atoms with Gasteiger partial charge in [-0.2, -0.15) is 0 Å². The Kier molecular flexibility index (Phi) is 6.50. The Balaban J connectivity index is 2.57. The fourth-order valence-electron chi connectivity index (χ4n) is 1.77. The molecule has 0 aromatic heterocycles. The highest BCUT2D eigenvalue weighted by Crippen LogP contribution is 2.11. The second-order valence-electron chi connectivity index (χ2n) is 4.89. The van der Waals surface area contributed by atoms with Crippen LogP contribution in [0.4, 0.5) is 4.39 Å². The van der Waals surface area contributed by atoms with Gasteiger partial charge in [0, 0.05) is 12.6 Å². The summed E-state index contributed by atoms with van der Waals surface area (Å²) >= 11 is 0. The van der Waals surface area contributed by atoms with E-state index in [9.17, 15) is 9.18 Å². The van der Waals surface area contributed by atoms with Gasteiger partial charge in [-0.15, -0.1) is 0 Å². The molecule has 0 unspecified atom stereocenters. The van der Waals surface area contributed by atoms with Crippen LogP contribution in [0.1, 0.15) is 26.3 Å². The fourth-order valence-corrected chi connectivity index (χ4v) is 1.77. The number of carbonyl (C=O) groups excluding carboxylic acids is 1. The molecule has 0 fully saturated rings. The van der Waals surface area contributed by atoms with Crippen LogP contribution >= 0.6 is 0 Å². The third-order valence-electron chi connectivity index (χ3n) is 2.96. The van der Waals surface area contributed by atoms with E-state index in [1.54, 1.807) is 12.1 Å². The van der Waals surface area contributed by atoms with Gasteiger partial charge in [0.1, 0.15) is 12.4 Å². The molecule has 106 valence electrons. The molecule has 19 heavy (non-hydrogen) atoms. The first-order valence-electron chi connectivity index (χ1n) is 6.64. The topological polar surface area (TPSA) is 38.3 Å². The van der Waals surface area contributed by atoms with Gasteiger partial charge in [0.2, 0.25) is 5.91 Å². The lowest BCUT2D eigenvalue weighted by Gasteiger charge is -2.22. The summed E-state index contributed by atoms with van der Waals surface area (Å²) in [5, 5.41) is 2.96. The highest BCUT2D eigenvalue weighted by molar-refractivity contribution is 5.77. The van der Waals surface area contributed by atoms with Crippen LogP contribution in [0.2, 0.25) is 0 Å². The summed E-state index contributed by atoms with van der Waals surface area (Å²) in [5.74, 6) is -0.0523. The summed E-state index contributed by atoms with van der Waals surface area (Å²) in [5.41, 5.74) is 1.01. The zero-order valence-electron chi connectivity index (χ0n) is 11.8. The van der Waals surface area contributed by atoms with Crippen LogP contribution in [0, 0.1) is 11.7 Å². The summed E-state index contributed by atoms with van der Waals surface area (Å²) in [4.78, 5) is 11.7. The largest absolute Gasteiger partial charge is 0.372 e. The molecular formula is C15H22FNO2. The van der Waals surface area contributed by atoms with E-state index < -0.39 is 0 Å². The smallest absolute Gasteiger partial charge is 0.246 e. The summed E-state index contributed by atoms with van der Waals surface area (Å²) in [6.07, 6.45) is 0.690. The van der Waals surface area contributed by atoms with Gasteiger partial charge in [-0.3, -0.25) is 4.79 Å². The van der Waals surface area contributed by atoms with E-state index in [-0.39, 0.29) is 24.4 Å². The van der Waals surface area contributed by atoms with Crippen molar-refractivity contribution < 1.29 is 13.9 Å². The number of carbonyl (C=O) groups is 1. The van der Waals surface area contributed by atoms with Crippen molar-refractivity contribution in [1.82, 2.24) is 5.32 Å². The first-order chi connectivity index (χ1) is 9.02. The van der Waals surface area contributed by atoms with E-state index in [4.69, 9.17) is 4.74 Å². The number of ether oxygens (including phenoxy) is 1. The van der Waals surface area contributed by atoms with Crippen LogP contribution in [-0.4, -0.2) is 25.2 Å². The molecule has 0 spiro atoms. The van der Waals surface area contributed by atoms with Crippen LogP contribution in [0.5, 0.6) is 0 Å². The van der Waals surface area contributed by atoms with Gasteiger partial charge in [-0.25, -0.2) is 4.39 Å². The number of rotatable bonds is 7. The van der Waals surface area contributed by atoms with Gasteiger partial charge in [0.05, 0.1) is 0 Å². The summed E-state index contributed by atoms with van der Waals surface area (Å²) in [6.45, 7) is 6.57. The minimum atomic E-state index is -0.245. The zero-order valence-corrected chi connectivity index (χ0v) is 11.8. The second-order valence-corrected chi connectivity index (χ2v) is 4.89. The molecule has 0 saturated heterocycles. The van der Waals surface area contributed by atoms with Crippen LogP contribution in [0.25, 0.3) is 0 Å². The quantitative estimate of drug-likeness (QED) is 0.824. The van der Waals surface area contributed by atoms with Crippen LogP contribution in [-0.2, 0) is 16.0 Å². The van der Waals surface area contributed by atoms with Gasteiger partial charge < -0.3 is 10.1 Å². The van der Waals surface area contributed by atoms with Crippen molar-refractivity contribution in [2.45, 2.75) is 33.2 Å². The average molecular weight is 267 g/mol. The molecule has 0 aliphatic rings. The molecule has 4 heteroatoms. The fraction of sp³-hybridized carbons (Fsp3) is 0.533. The Morgan fingerprint density at radius 1 is 1.32 bits per heavy atom. The molecular weight excluding hydrogens is 245 g/mol. The zero-order chi connectivity index (χ0) is 14.3. The monoisotopic (exact) mass is 267 g/mol. The second kappa shape index (κ2) is 7.89. The van der Waals surface area contributed by atoms with E-state index in [2.05, 4.69) is 19.2 Å². The number of hydrogen-bond donors (Lipinski definition) is 1. The molecule has 1 aromatic carbocycles. The van der Waals surface area contributed by atoms with Gasteiger partial charge >= 0.3 is 0 Å². The van der Waals surface area contributed by atoms with Gasteiger partial charge in [0.15, 0.2) is 0 Å². The maximum absolute atomic E-state index is 12.8. The van der Waals surface area contributed by atoms with Crippen LogP contribution in [0.3, 0.4) is 0 Å². The minimum absolute atomic E-state index is 0.0263. The van der Waals surface area contributed by atoms with E-state index in [0.29, 0.717) is 18.9 Å². The predicted molar refractivity (Wildman–Crippen MR) is 73.4 cm³/mol. The van der Waals surface area contributed by atoms with E-state index in [1.807, 2.05) is 6.92 Å². The summed E-state index contributed by atoms with van der Waals surface area (Å²) in [6, 6.07) is 6.40. The maximum atomic E-state index is 12.8. The Bertz CT molecular complexity index is 390. The molecule has 0 saturated carbocycles. The first-order valence-corrected chi connectivity index (χ1v) is 6.64. The van der Waals surface area contributed by atoms with Crippen molar-refractivity contribution in [2.24, 2.45) is 5.92 Å². The molecule has 1 rings (SSSR count). The third kappa shape index (κ3) is 5.83. The third-order valence-corrected chi connectivity index (χ3v) is 2.96. The molecule has 1 amide bonds. The van der Waals surface area contributed by atoms with Crippen molar-refractivity contribution in [2.75, 3.05) is 13.2 Å². The van der Waals surface area contributed by atoms with Crippen molar-refractivity contribution in [3.05, 3.63) is 35.6 Å². The Morgan fingerprint density at radius 3 is 2.47 bits per heavy atom. The van der Waals surface area contributed by atoms with Crippen molar-refractivity contribution in [3.63, 3.8) is 0 Å². The van der Waals surface area contributed by atoms with Gasteiger partial charge in [-0.1, -0.05) is 26.0 Å². The molecule has 1 N–H and O–H groups in total. The molecule has 0 aliphatic heterocycles. The molecule has 0 aliphatic carbocycles. The molecule has 1 aromatic rings. The lowest BCUT2D eigenvalue weighted by atomic mass is 9.96. The van der Waals surface area contributed by atoms with Crippen LogP contribution < -0.4 is 5.32 Å². The summed E-state index contributed by atoms with van der Waals surface area (Å²) < 4.78 is 17.9. The predicted octanol–water partition coefficient (Wildman–Crippen LogP) is 2.55. The Labute approximate surface area is 114 Å². The lowest BCUT2D eigenvalue weighted by molar-refractivity contribution is -0.126. The minimum Gasteiger partial charge on any atom is -0.372 e. The van der Waals surface area contributed by atoms with Gasteiger partial charge in [-0.05, 0) is 37.0 Å². The highest BCUT2D eigenvalue weighted by Gasteiger charge is 2.16. The molecule has 3 nitrogen and oxygen atoms in total. The van der Waals surface area contributed by atoms with E-state index >= 15 is 0 Å². The lowest BCUT2D eigenvalue weighted by Crippen LogP contribution is -2.41. The Hall–Kier alpha value is -1.42. The molecule has 0 bridgehead atoms. The number of nitrogens with one attached hydrogen (secondary N) is 1. The number of hydrogen-bond acceptors (Lipinski definition) is 2. The number of halogens is 1. The average Bonchev–Trinajstić information content (AvgIpc) is 2.38.